The lowest BCUT2D eigenvalue weighted by atomic mass is 10.1. The second-order valence-corrected chi connectivity index (χ2v) is 8.09. The lowest BCUT2D eigenvalue weighted by Crippen LogP contribution is -2.41. The molecule has 0 radical (unpaired) electrons. The van der Waals surface area contributed by atoms with Gasteiger partial charge in [0.2, 0.25) is 0 Å². The van der Waals surface area contributed by atoms with Crippen LogP contribution >= 0.6 is 0 Å². The van der Waals surface area contributed by atoms with Crippen LogP contribution in [0.25, 0.3) is 17.0 Å². The lowest BCUT2D eigenvalue weighted by Gasteiger charge is -2.28. The van der Waals surface area contributed by atoms with Gasteiger partial charge in [-0.05, 0) is 36.4 Å². The Morgan fingerprint density at radius 2 is 1.85 bits per heavy atom. The van der Waals surface area contributed by atoms with E-state index in [1.165, 1.54) is 0 Å². The third kappa shape index (κ3) is 5.45. The summed E-state index contributed by atoms with van der Waals surface area (Å²) in [5.74, 6) is 0.972. The van der Waals surface area contributed by atoms with E-state index in [-0.39, 0.29) is 5.78 Å². The van der Waals surface area contributed by atoms with E-state index in [2.05, 4.69) is 9.47 Å². The molecule has 4 rings (SSSR count). The molecule has 0 amide bonds. The van der Waals surface area contributed by atoms with Crippen LogP contribution in [0.5, 0.6) is 11.5 Å². The number of fused-ring (bicyclic) bond motifs is 1. The Labute approximate surface area is 193 Å². The van der Waals surface area contributed by atoms with Crippen molar-refractivity contribution in [2.75, 3.05) is 47.1 Å². The second kappa shape index (κ2) is 10.7. The summed E-state index contributed by atoms with van der Waals surface area (Å²) in [6.07, 6.45) is 4.89. The van der Waals surface area contributed by atoms with E-state index in [1.807, 2.05) is 36.5 Å². The first kappa shape index (κ1) is 23.0. The van der Waals surface area contributed by atoms with Crippen molar-refractivity contribution in [3.8, 4) is 11.5 Å². The van der Waals surface area contributed by atoms with Crippen LogP contribution in [-0.2, 0) is 11.3 Å². The molecule has 1 aliphatic rings. The van der Waals surface area contributed by atoms with Gasteiger partial charge in [0.1, 0.15) is 0 Å². The van der Waals surface area contributed by atoms with E-state index in [9.17, 15) is 9.90 Å². The van der Waals surface area contributed by atoms with Crippen LogP contribution in [0.4, 0.5) is 0 Å². The van der Waals surface area contributed by atoms with Gasteiger partial charge < -0.3 is 23.9 Å². The number of aromatic nitrogens is 1. The van der Waals surface area contributed by atoms with Gasteiger partial charge in [-0.3, -0.25) is 9.69 Å². The maximum atomic E-state index is 12.8. The zero-order valence-electron chi connectivity index (χ0n) is 19.1. The van der Waals surface area contributed by atoms with Gasteiger partial charge >= 0.3 is 0 Å². The number of methoxy groups -OCH3 is 2. The first-order valence-corrected chi connectivity index (χ1v) is 11.1. The number of aliphatic hydroxyl groups is 1. The number of carbonyl (C=O) groups excluding carboxylic acids is 1. The van der Waals surface area contributed by atoms with Gasteiger partial charge in [-0.25, -0.2) is 0 Å². The third-order valence-corrected chi connectivity index (χ3v) is 5.88. The lowest BCUT2D eigenvalue weighted by molar-refractivity contribution is 0.0117. The molecule has 1 saturated heterocycles. The van der Waals surface area contributed by atoms with Crippen LogP contribution in [-0.4, -0.2) is 73.5 Å². The van der Waals surface area contributed by atoms with Crippen LogP contribution < -0.4 is 9.47 Å². The van der Waals surface area contributed by atoms with Gasteiger partial charge in [-0.2, -0.15) is 0 Å². The topological polar surface area (TPSA) is 73.2 Å². The minimum Gasteiger partial charge on any atom is -0.493 e. The highest BCUT2D eigenvalue weighted by Crippen LogP contribution is 2.28. The van der Waals surface area contributed by atoms with Crippen molar-refractivity contribution in [2.45, 2.75) is 12.6 Å². The van der Waals surface area contributed by atoms with Crippen LogP contribution in [0.1, 0.15) is 15.9 Å². The van der Waals surface area contributed by atoms with E-state index >= 15 is 0 Å². The number of ether oxygens (including phenoxy) is 3. The molecule has 33 heavy (non-hydrogen) atoms. The average molecular weight is 451 g/mol. The molecule has 0 saturated carbocycles. The summed E-state index contributed by atoms with van der Waals surface area (Å²) >= 11 is 0. The molecule has 2 aromatic carbocycles. The summed E-state index contributed by atoms with van der Waals surface area (Å²) in [6, 6.07) is 13.1. The molecule has 3 aromatic rings. The maximum Gasteiger partial charge on any atom is 0.185 e. The molecule has 0 aliphatic carbocycles. The van der Waals surface area contributed by atoms with Crippen molar-refractivity contribution in [2.24, 2.45) is 0 Å². The molecule has 0 bridgehead atoms. The minimum absolute atomic E-state index is 0.125. The molecule has 174 valence electrons. The van der Waals surface area contributed by atoms with E-state index in [0.717, 1.165) is 29.6 Å². The zero-order valence-corrected chi connectivity index (χ0v) is 19.1. The van der Waals surface area contributed by atoms with Gasteiger partial charge in [0, 0.05) is 54.4 Å². The Kier molecular flexibility index (Phi) is 7.44. The Balaban J connectivity index is 1.52. The van der Waals surface area contributed by atoms with E-state index < -0.39 is 6.10 Å². The number of β-amino-alcohol motifs (C(OH)–C–C–N with tert-alkyl or cyclic N) is 1. The fourth-order valence-electron chi connectivity index (χ4n) is 4.18. The number of aliphatic hydroxyl groups excluding tert-OH is 1. The summed E-state index contributed by atoms with van der Waals surface area (Å²) in [6.45, 7) is 4.20. The Morgan fingerprint density at radius 3 is 2.61 bits per heavy atom. The monoisotopic (exact) mass is 450 g/mol. The molecule has 7 nitrogen and oxygen atoms in total. The van der Waals surface area contributed by atoms with E-state index in [1.54, 1.807) is 38.5 Å². The van der Waals surface area contributed by atoms with Crippen molar-refractivity contribution in [1.29, 1.82) is 0 Å². The van der Waals surface area contributed by atoms with Crippen LogP contribution in [0.2, 0.25) is 0 Å². The van der Waals surface area contributed by atoms with Crippen molar-refractivity contribution in [3.63, 3.8) is 0 Å². The highest BCUT2D eigenvalue weighted by atomic mass is 16.5. The van der Waals surface area contributed by atoms with Crippen LogP contribution in [0.3, 0.4) is 0 Å². The number of allylic oxidation sites excluding steroid dienone is 1. The molecule has 1 unspecified atom stereocenters. The van der Waals surface area contributed by atoms with Gasteiger partial charge in [-0.15, -0.1) is 0 Å². The van der Waals surface area contributed by atoms with Gasteiger partial charge in [0.15, 0.2) is 17.3 Å². The first-order valence-electron chi connectivity index (χ1n) is 11.1. The number of hydrogen-bond donors (Lipinski definition) is 1. The third-order valence-electron chi connectivity index (χ3n) is 5.88. The molecule has 7 heteroatoms. The molecular formula is C26H30N2O5. The molecule has 1 fully saturated rings. The Morgan fingerprint density at radius 1 is 1.09 bits per heavy atom. The fourth-order valence-corrected chi connectivity index (χ4v) is 4.18. The summed E-state index contributed by atoms with van der Waals surface area (Å²) in [5, 5.41) is 11.7. The van der Waals surface area contributed by atoms with Crippen molar-refractivity contribution >= 4 is 22.8 Å². The normalized spacial score (nSPS) is 15.7. The number of para-hydroxylation sites is 1. The number of hydrogen-bond acceptors (Lipinski definition) is 6. The zero-order chi connectivity index (χ0) is 23.2. The van der Waals surface area contributed by atoms with E-state index in [4.69, 9.17) is 14.2 Å². The number of carbonyl (C=O) groups is 1. The average Bonchev–Trinajstić information content (AvgIpc) is 3.19. The molecule has 1 N–H and O–H groups in total. The molecule has 2 heterocycles. The van der Waals surface area contributed by atoms with Crippen LogP contribution in [0, 0.1) is 0 Å². The van der Waals surface area contributed by atoms with Crippen molar-refractivity contribution < 1.29 is 24.1 Å². The molecule has 1 aliphatic heterocycles. The highest BCUT2D eigenvalue weighted by Gasteiger charge is 2.17. The Bertz CT molecular complexity index is 1130. The summed E-state index contributed by atoms with van der Waals surface area (Å²) < 4.78 is 18.0. The van der Waals surface area contributed by atoms with Crippen LogP contribution in [0.15, 0.2) is 54.7 Å². The van der Waals surface area contributed by atoms with Gasteiger partial charge in [0.05, 0.1) is 33.5 Å². The van der Waals surface area contributed by atoms with E-state index in [0.29, 0.717) is 43.4 Å². The summed E-state index contributed by atoms with van der Waals surface area (Å²) in [5.41, 5.74) is 2.48. The fraction of sp³-hybridized carbons (Fsp3) is 0.346. The standard InChI is InChI=1S/C26H30N2O5/c1-31-25-10-8-19(15-26(25)32-2)24(30)9-7-20-16-28(23-6-4-3-5-22(20)23)18-21(29)17-27-11-13-33-14-12-27/h3-10,15-16,21,29H,11-14,17-18H2,1-2H3. The molecule has 0 spiro atoms. The predicted octanol–water partition coefficient (Wildman–Crippen LogP) is 3.25. The first-order chi connectivity index (χ1) is 16.1. The number of rotatable bonds is 9. The largest absolute Gasteiger partial charge is 0.493 e. The van der Waals surface area contributed by atoms with Crippen molar-refractivity contribution in [3.05, 3.63) is 65.9 Å². The van der Waals surface area contributed by atoms with Gasteiger partial charge in [-0.1, -0.05) is 18.2 Å². The van der Waals surface area contributed by atoms with Crippen molar-refractivity contribution in [1.82, 2.24) is 9.47 Å². The maximum absolute atomic E-state index is 12.8. The quantitative estimate of drug-likeness (QED) is 0.399. The predicted molar refractivity (Wildman–Crippen MR) is 128 cm³/mol. The number of nitrogens with zero attached hydrogens (tertiary/aromatic N) is 2. The minimum atomic E-state index is -0.496. The number of benzene rings is 2. The van der Waals surface area contributed by atoms with Gasteiger partial charge in [0.25, 0.3) is 0 Å². The smallest absolute Gasteiger partial charge is 0.185 e. The Hall–Kier alpha value is -3.13. The number of morpholine rings is 1. The summed E-state index contributed by atoms with van der Waals surface area (Å²) in [7, 11) is 3.11. The molecule has 1 aromatic heterocycles. The molecule has 1 atom stereocenters. The summed E-state index contributed by atoms with van der Waals surface area (Å²) in [4.78, 5) is 15.0. The second-order valence-electron chi connectivity index (χ2n) is 8.09. The SMILES string of the molecule is COc1ccc(C(=O)C=Cc2cn(CC(O)CN3CCOCC3)c3ccccc23)cc1OC. The number of ketones is 1. The highest BCUT2D eigenvalue weighted by molar-refractivity contribution is 6.08. The molecular weight excluding hydrogens is 420 g/mol.